The zero-order chi connectivity index (χ0) is 28.0. The molecular formula is C31H29BrClFN4OS. The number of nitrogens with zero attached hydrogens (tertiary/aromatic N) is 3. The van der Waals surface area contributed by atoms with Gasteiger partial charge in [-0.25, -0.2) is 4.39 Å². The molecule has 0 unspecified atom stereocenters. The number of pyridine rings is 1. The Labute approximate surface area is 252 Å². The molecule has 9 heteroatoms. The zero-order valence-electron chi connectivity index (χ0n) is 22.2. The van der Waals surface area contributed by atoms with Gasteiger partial charge in [-0.15, -0.1) is 0 Å². The molecule has 4 aromatic rings. The third kappa shape index (κ3) is 5.24. The molecule has 6 rings (SSSR count). The molecule has 2 saturated heterocycles. The Balaban J connectivity index is 1.39. The molecule has 4 heterocycles. The Morgan fingerprint density at radius 2 is 1.85 bits per heavy atom. The number of piperidine rings is 1. The lowest BCUT2D eigenvalue weighted by molar-refractivity contribution is 0.357. The van der Waals surface area contributed by atoms with E-state index in [1.54, 1.807) is 24.4 Å². The number of rotatable bonds is 5. The number of anilines is 2. The summed E-state index contributed by atoms with van der Waals surface area (Å²) in [4.78, 5) is 9.01. The van der Waals surface area contributed by atoms with Crippen molar-refractivity contribution in [1.82, 2.24) is 10.3 Å². The van der Waals surface area contributed by atoms with Crippen LogP contribution in [0.1, 0.15) is 43.8 Å². The minimum absolute atomic E-state index is 0.287. The molecule has 0 radical (unpaired) electrons. The first-order valence-corrected chi connectivity index (χ1v) is 15.0. The summed E-state index contributed by atoms with van der Waals surface area (Å²) in [6.07, 6.45) is 2.99. The zero-order valence-corrected chi connectivity index (χ0v) is 25.3. The molecule has 40 heavy (non-hydrogen) atoms. The summed E-state index contributed by atoms with van der Waals surface area (Å²) >= 11 is 16.1. The average Bonchev–Trinajstić information content (AvgIpc) is 3.53. The molecule has 0 spiro atoms. The largest absolute Gasteiger partial charge is 0.459 e. The fourth-order valence-electron chi connectivity index (χ4n) is 6.03. The number of thiocarbonyl (C=S) groups is 1. The molecule has 0 aliphatic carbocycles. The van der Waals surface area contributed by atoms with Crippen LogP contribution in [0.25, 0.3) is 11.3 Å². The number of halogens is 3. The molecular weight excluding hydrogens is 611 g/mol. The van der Waals surface area contributed by atoms with Gasteiger partial charge in [-0.3, -0.25) is 4.98 Å². The number of hydrogen-bond acceptors (Lipinski definition) is 4. The summed E-state index contributed by atoms with van der Waals surface area (Å²) in [6.45, 7) is 6.55. The highest BCUT2D eigenvalue weighted by Crippen LogP contribution is 2.45. The van der Waals surface area contributed by atoms with Crippen LogP contribution in [0.5, 0.6) is 0 Å². The Bertz CT molecular complexity index is 1540. The van der Waals surface area contributed by atoms with Crippen molar-refractivity contribution in [3.05, 3.63) is 99.7 Å². The van der Waals surface area contributed by atoms with Gasteiger partial charge in [-0.1, -0.05) is 47.4 Å². The summed E-state index contributed by atoms with van der Waals surface area (Å²) in [5, 5.41) is 4.66. The lowest BCUT2D eigenvalue weighted by atomic mass is 9.91. The first-order chi connectivity index (χ1) is 19.3. The quantitative estimate of drug-likeness (QED) is 0.221. The van der Waals surface area contributed by atoms with E-state index in [-0.39, 0.29) is 17.9 Å². The van der Waals surface area contributed by atoms with Gasteiger partial charge >= 0.3 is 0 Å². The number of hydrogen-bond donors (Lipinski definition) is 1. The van der Waals surface area contributed by atoms with Gasteiger partial charge in [0.25, 0.3) is 0 Å². The summed E-state index contributed by atoms with van der Waals surface area (Å²) in [7, 11) is 0. The van der Waals surface area contributed by atoms with E-state index in [9.17, 15) is 4.39 Å². The summed E-state index contributed by atoms with van der Waals surface area (Å²) < 4.78 is 21.8. The standard InChI is InChI=1S/C31H29BrClFN4OS/c1-18-13-19(2)17-37(16-18)26-9-7-21(15-23(26)33)38-30(29(36-31(38)40)25-5-3-4-12-35-25)28-11-10-27(39-28)22-8-6-20(32)14-24(22)34/h3-12,14-15,18-19,29-30H,13,16-17H2,1-2H3,(H,36,40)/t18-,19-,29+,30+/m1/s1. The summed E-state index contributed by atoms with van der Waals surface area (Å²) in [6, 6.07) is 19.9. The van der Waals surface area contributed by atoms with Crippen molar-refractivity contribution in [2.45, 2.75) is 32.4 Å². The molecule has 2 aliphatic rings. The van der Waals surface area contributed by atoms with E-state index in [0.717, 1.165) is 30.2 Å². The SMILES string of the molecule is C[C@@H]1C[C@@H](C)CN(c2ccc(N3C(=S)N[C@@H](c4ccccn4)[C@@H]3c3ccc(-c4ccc(Br)cc4F)o3)cc2Cl)C1. The van der Waals surface area contributed by atoms with Gasteiger partial charge in [0.05, 0.1) is 28.0 Å². The predicted octanol–water partition coefficient (Wildman–Crippen LogP) is 8.56. The van der Waals surface area contributed by atoms with E-state index in [0.29, 0.717) is 43.5 Å². The number of furan rings is 1. The van der Waals surface area contributed by atoms with E-state index in [4.69, 9.17) is 28.2 Å². The van der Waals surface area contributed by atoms with Crippen LogP contribution >= 0.6 is 39.7 Å². The first kappa shape index (κ1) is 27.2. The molecule has 2 aromatic carbocycles. The van der Waals surface area contributed by atoms with E-state index in [1.165, 1.54) is 12.5 Å². The molecule has 2 aromatic heterocycles. The van der Waals surface area contributed by atoms with Crippen molar-refractivity contribution in [3.8, 4) is 11.3 Å². The van der Waals surface area contributed by atoms with Gasteiger partial charge in [0.1, 0.15) is 23.4 Å². The molecule has 1 N–H and O–H groups in total. The molecule has 4 atom stereocenters. The topological polar surface area (TPSA) is 44.5 Å². The van der Waals surface area contributed by atoms with Crippen LogP contribution in [0.3, 0.4) is 0 Å². The molecule has 0 amide bonds. The maximum atomic E-state index is 14.8. The van der Waals surface area contributed by atoms with Crippen molar-refractivity contribution >= 4 is 56.2 Å². The van der Waals surface area contributed by atoms with E-state index in [1.807, 2.05) is 35.2 Å². The molecule has 2 aliphatic heterocycles. The predicted molar refractivity (Wildman–Crippen MR) is 166 cm³/mol. The molecule has 206 valence electrons. The number of nitrogens with one attached hydrogen (secondary N) is 1. The Morgan fingerprint density at radius 1 is 1.05 bits per heavy atom. The van der Waals surface area contributed by atoms with Gasteiger partial charge in [-0.05, 0) is 91.1 Å². The van der Waals surface area contributed by atoms with Crippen LogP contribution in [-0.2, 0) is 0 Å². The lowest BCUT2D eigenvalue weighted by Crippen LogP contribution is -2.38. The Hall–Kier alpha value is -2.94. The monoisotopic (exact) mass is 638 g/mol. The normalized spacial score (nSPS) is 23.0. The van der Waals surface area contributed by atoms with E-state index in [2.05, 4.69) is 57.1 Å². The van der Waals surface area contributed by atoms with Crippen molar-refractivity contribution in [1.29, 1.82) is 0 Å². The van der Waals surface area contributed by atoms with Crippen molar-refractivity contribution < 1.29 is 8.81 Å². The highest BCUT2D eigenvalue weighted by atomic mass is 79.9. The minimum atomic E-state index is -0.369. The van der Waals surface area contributed by atoms with Crippen LogP contribution in [0.2, 0.25) is 5.02 Å². The molecule has 0 saturated carbocycles. The Kier molecular flexibility index (Phi) is 7.59. The van der Waals surface area contributed by atoms with Gasteiger partial charge in [-0.2, -0.15) is 0 Å². The second-order valence-electron chi connectivity index (χ2n) is 10.8. The smallest absolute Gasteiger partial charge is 0.174 e. The van der Waals surface area contributed by atoms with E-state index < -0.39 is 0 Å². The van der Waals surface area contributed by atoms with Crippen LogP contribution in [0, 0.1) is 17.7 Å². The summed E-state index contributed by atoms with van der Waals surface area (Å²) in [5.41, 5.74) is 3.09. The van der Waals surface area contributed by atoms with Crippen LogP contribution < -0.4 is 15.1 Å². The second kappa shape index (κ2) is 11.1. The summed E-state index contributed by atoms with van der Waals surface area (Å²) in [5.74, 6) is 1.94. The first-order valence-electron chi connectivity index (χ1n) is 13.4. The minimum Gasteiger partial charge on any atom is -0.459 e. The Morgan fingerprint density at radius 3 is 2.55 bits per heavy atom. The van der Waals surface area contributed by atoms with E-state index >= 15 is 0 Å². The number of aromatic nitrogens is 1. The lowest BCUT2D eigenvalue weighted by Gasteiger charge is -2.37. The van der Waals surface area contributed by atoms with Crippen LogP contribution in [0.4, 0.5) is 15.8 Å². The van der Waals surface area contributed by atoms with Crippen LogP contribution in [0.15, 0.2) is 81.8 Å². The van der Waals surface area contributed by atoms with Crippen molar-refractivity contribution in [3.63, 3.8) is 0 Å². The van der Waals surface area contributed by atoms with Gasteiger partial charge in [0.2, 0.25) is 0 Å². The van der Waals surface area contributed by atoms with Crippen molar-refractivity contribution in [2.24, 2.45) is 11.8 Å². The van der Waals surface area contributed by atoms with Gasteiger partial charge < -0.3 is 19.5 Å². The maximum absolute atomic E-state index is 14.8. The highest BCUT2D eigenvalue weighted by Gasteiger charge is 2.43. The van der Waals surface area contributed by atoms with Crippen molar-refractivity contribution in [2.75, 3.05) is 22.9 Å². The molecule has 0 bridgehead atoms. The fourth-order valence-corrected chi connectivity index (χ4v) is 7.00. The van der Waals surface area contributed by atoms with Crippen LogP contribution in [-0.4, -0.2) is 23.2 Å². The third-order valence-electron chi connectivity index (χ3n) is 7.63. The average molecular weight is 640 g/mol. The molecule has 2 fully saturated rings. The second-order valence-corrected chi connectivity index (χ2v) is 12.5. The maximum Gasteiger partial charge on any atom is 0.174 e. The van der Waals surface area contributed by atoms with Gasteiger partial charge in [0, 0.05) is 29.4 Å². The fraction of sp³-hybridized carbons (Fsp3) is 0.290. The number of benzene rings is 2. The highest BCUT2D eigenvalue weighted by molar-refractivity contribution is 9.10. The van der Waals surface area contributed by atoms with Gasteiger partial charge in [0.15, 0.2) is 5.11 Å². The third-order valence-corrected chi connectivity index (χ3v) is 8.74. The molecule has 5 nitrogen and oxygen atoms in total.